The van der Waals surface area contributed by atoms with E-state index < -0.39 is 10.0 Å². The lowest BCUT2D eigenvalue weighted by atomic mass is 10.4. The molecule has 90 valence electrons. The van der Waals surface area contributed by atoms with Gasteiger partial charge in [-0.25, -0.2) is 8.42 Å². The van der Waals surface area contributed by atoms with Gasteiger partial charge in [-0.15, -0.1) is 3.71 Å². The number of rotatable bonds is 5. The highest BCUT2D eigenvalue weighted by Gasteiger charge is 2.23. The number of nitrogens with zero attached hydrogens (tertiary/aromatic N) is 1. The molecular formula is C9H11BrClNO2S2. The van der Waals surface area contributed by atoms with Crippen LogP contribution in [0.3, 0.4) is 0 Å². The fraction of sp³-hybridized carbons (Fsp3) is 0.333. The van der Waals surface area contributed by atoms with E-state index >= 15 is 0 Å². The van der Waals surface area contributed by atoms with Crippen molar-refractivity contribution in [1.82, 2.24) is 3.71 Å². The van der Waals surface area contributed by atoms with Gasteiger partial charge in [0.05, 0.1) is 4.90 Å². The molecule has 0 fully saturated rings. The molecule has 0 amide bonds. The first-order valence-electron chi connectivity index (χ1n) is 4.59. The molecule has 0 aliphatic rings. The first-order chi connectivity index (χ1) is 7.52. The van der Waals surface area contributed by atoms with Gasteiger partial charge in [0.2, 0.25) is 0 Å². The maximum Gasteiger partial charge on any atom is 0.252 e. The summed E-state index contributed by atoms with van der Waals surface area (Å²) in [6, 6.07) is 6.14. The van der Waals surface area contributed by atoms with E-state index in [1.54, 1.807) is 12.1 Å². The van der Waals surface area contributed by atoms with Gasteiger partial charge in [-0.3, -0.25) is 0 Å². The zero-order valence-corrected chi connectivity index (χ0v) is 12.5. The van der Waals surface area contributed by atoms with E-state index in [0.717, 1.165) is 16.8 Å². The number of hydrogen-bond acceptors (Lipinski definition) is 3. The maximum atomic E-state index is 12.1. The van der Waals surface area contributed by atoms with Crippen LogP contribution in [-0.2, 0) is 10.0 Å². The Morgan fingerprint density at radius 1 is 1.38 bits per heavy atom. The molecule has 0 aromatic heterocycles. The molecule has 1 aromatic carbocycles. The summed E-state index contributed by atoms with van der Waals surface area (Å²) in [6.07, 6.45) is 0.755. The maximum absolute atomic E-state index is 12.1. The van der Waals surface area contributed by atoms with Crippen LogP contribution in [0.2, 0.25) is 5.02 Å². The quantitative estimate of drug-likeness (QED) is 0.764. The molecular weight excluding hydrogens is 334 g/mol. The van der Waals surface area contributed by atoms with Crippen molar-refractivity contribution < 1.29 is 8.42 Å². The smallest absolute Gasteiger partial charge is 0.206 e. The van der Waals surface area contributed by atoms with Crippen molar-refractivity contribution in [2.45, 2.75) is 18.2 Å². The van der Waals surface area contributed by atoms with Crippen LogP contribution in [0.4, 0.5) is 0 Å². The first kappa shape index (κ1) is 14.3. The number of benzene rings is 1. The lowest BCUT2D eigenvalue weighted by Crippen LogP contribution is -2.24. The minimum Gasteiger partial charge on any atom is -0.206 e. The molecule has 0 saturated heterocycles. The van der Waals surface area contributed by atoms with Crippen LogP contribution in [0, 0.1) is 0 Å². The molecule has 0 spiro atoms. The highest BCUT2D eigenvalue weighted by Crippen LogP contribution is 2.27. The summed E-state index contributed by atoms with van der Waals surface area (Å²) >= 11 is 8.82. The Bertz CT molecular complexity index is 435. The Hall–Kier alpha value is 0.250. The number of halogens is 2. The predicted molar refractivity (Wildman–Crippen MR) is 72.2 cm³/mol. The SMILES string of the molecule is CCCN(SBr)S(=O)(=O)c1ccc(Cl)cc1. The highest BCUT2D eigenvalue weighted by atomic mass is 79.9. The van der Waals surface area contributed by atoms with Gasteiger partial charge in [0.25, 0.3) is 10.0 Å². The molecule has 0 N–H and O–H groups in total. The standard InChI is InChI=1S/C9H11BrClNO2S2/c1-2-7-12(15-10)16(13,14)9-5-3-8(11)4-6-9/h3-6H,2,7H2,1H3. The van der Waals surface area contributed by atoms with Crippen LogP contribution in [0.5, 0.6) is 0 Å². The van der Waals surface area contributed by atoms with Crippen LogP contribution < -0.4 is 0 Å². The molecule has 0 bridgehead atoms. The van der Waals surface area contributed by atoms with Gasteiger partial charge < -0.3 is 0 Å². The van der Waals surface area contributed by atoms with Crippen molar-refractivity contribution in [3.63, 3.8) is 0 Å². The van der Waals surface area contributed by atoms with E-state index in [1.165, 1.54) is 15.8 Å². The van der Waals surface area contributed by atoms with Crippen molar-refractivity contribution in [3.05, 3.63) is 29.3 Å². The van der Waals surface area contributed by atoms with Crippen molar-refractivity contribution in [2.75, 3.05) is 6.54 Å². The van der Waals surface area contributed by atoms with Gasteiger partial charge in [-0.2, -0.15) is 0 Å². The molecule has 0 atom stereocenters. The zero-order chi connectivity index (χ0) is 12.2. The normalized spacial score (nSPS) is 12.0. The molecule has 0 saturated carbocycles. The molecule has 0 aliphatic carbocycles. The van der Waals surface area contributed by atoms with Gasteiger partial charge >= 0.3 is 0 Å². The summed E-state index contributed by atoms with van der Waals surface area (Å²) in [6.45, 7) is 2.38. The third kappa shape index (κ3) is 3.37. The van der Waals surface area contributed by atoms with E-state index in [0.29, 0.717) is 11.6 Å². The van der Waals surface area contributed by atoms with Gasteiger partial charge in [-0.1, -0.05) is 18.5 Å². The molecule has 0 aliphatic heterocycles. The van der Waals surface area contributed by atoms with Crippen LogP contribution in [0.1, 0.15) is 13.3 Å². The summed E-state index contributed by atoms with van der Waals surface area (Å²) in [5.74, 6) is 0. The molecule has 16 heavy (non-hydrogen) atoms. The molecule has 7 heteroatoms. The third-order valence-corrected chi connectivity index (χ3v) is 6.47. The largest absolute Gasteiger partial charge is 0.252 e. The molecule has 0 heterocycles. The van der Waals surface area contributed by atoms with Crippen molar-refractivity contribution in [3.8, 4) is 0 Å². The number of hydrogen-bond donors (Lipinski definition) is 0. The summed E-state index contributed by atoms with van der Waals surface area (Å²) in [5, 5.41) is 0.521. The number of sulfonamides is 1. The summed E-state index contributed by atoms with van der Waals surface area (Å²) in [5.41, 5.74) is 0. The molecule has 0 unspecified atom stereocenters. The Labute approximate surface area is 113 Å². The van der Waals surface area contributed by atoms with Gasteiger partial charge in [0.1, 0.15) is 0 Å². The Morgan fingerprint density at radius 2 is 1.94 bits per heavy atom. The average molecular weight is 345 g/mol. The fourth-order valence-corrected chi connectivity index (χ4v) is 5.00. The highest BCUT2D eigenvalue weighted by molar-refractivity contribution is 9.50. The van der Waals surface area contributed by atoms with Gasteiger partial charge in [0.15, 0.2) is 0 Å². The van der Waals surface area contributed by atoms with Crippen LogP contribution in [0.25, 0.3) is 0 Å². The Kier molecular flexibility index (Phi) is 5.60. The lowest BCUT2D eigenvalue weighted by molar-refractivity contribution is 0.541. The van der Waals surface area contributed by atoms with Crippen molar-refractivity contribution >= 4 is 46.8 Å². The topological polar surface area (TPSA) is 37.4 Å². The van der Waals surface area contributed by atoms with E-state index in [9.17, 15) is 8.42 Å². The van der Waals surface area contributed by atoms with E-state index in [-0.39, 0.29) is 4.90 Å². The molecule has 1 rings (SSSR count). The van der Waals surface area contributed by atoms with Gasteiger partial charge in [-0.05, 0) is 30.7 Å². The van der Waals surface area contributed by atoms with Crippen molar-refractivity contribution in [2.24, 2.45) is 0 Å². The molecule has 3 nitrogen and oxygen atoms in total. The Morgan fingerprint density at radius 3 is 2.38 bits per heavy atom. The monoisotopic (exact) mass is 343 g/mol. The minimum absolute atomic E-state index is 0.248. The fourth-order valence-electron chi connectivity index (χ4n) is 1.10. The van der Waals surface area contributed by atoms with E-state index in [1.807, 2.05) is 6.92 Å². The van der Waals surface area contributed by atoms with E-state index in [4.69, 9.17) is 11.6 Å². The van der Waals surface area contributed by atoms with E-state index in [2.05, 4.69) is 14.8 Å². The van der Waals surface area contributed by atoms with Crippen molar-refractivity contribution in [1.29, 1.82) is 0 Å². The minimum atomic E-state index is -3.44. The Balaban J connectivity index is 3.04. The predicted octanol–water partition coefficient (Wildman–Crippen LogP) is 3.70. The zero-order valence-electron chi connectivity index (χ0n) is 8.56. The van der Waals surface area contributed by atoms with Gasteiger partial charge in [0, 0.05) is 36.8 Å². The second-order valence-electron chi connectivity index (χ2n) is 3.05. The van der Waals surface area contributed by atoms with Crippen LogP contribution >= 0.6 is 36.8 Å². The average Bonchev–Trinajstić information content (AvgIpc) is 2.26. The third-order valence-electron chi connectivity index (χ3n) is 1.86. The second-order valence-corrected chi connectivity index (χ2v) is 7.03. The first-order valence-corrected chi connectivity index (χ1v) is 9.02. The molecule has 0 radical (unpaired) electrons. The lowest BCUT2D eigenvalue weighted by Gasteiger charge is -2.17. The van der Waals surface area contributed by atoms with Crippen LogP contribution in [-0.4, -0.2) is 18.7 Å². The summed E-state index contributed by atoms with van der Waals surface area (Å²) < 4.78 is 25.5. The summed E-state index contributed by atoms with van der Waals surface area (Å²) in [4.78, 5) is 0.248. The summed E-state index contributed by atoms with van der Waals surface area (Å²) in [7, 11) is -2.41. The van der Waals surface area contributed by atoms with Crippen LogP contribution in [0.15, 0.2) is 29.2 Å². The second kappa shape index (κ2) is 6.26. The molecule has 1 aromatic rings.